The third kappa shape index (κ3) is 6.18. The molecule has 0 saturated carbocycles. The van der Waals surface area contributed by atoms with Gasteiger partial charge in [-0.05, 0) is 57.9 Å². The Morgan fingerprint density at radius 1 is 0.920 bits per heavy atom. The van der Waals surface area contributed by atoms with Gasteiger partial charge in [-0.2, -0.15) is 0 Å². The average molecular weight is 425 g/mol. The molecular weight excluding hydrogens is 396 g/mol. The number of rotatable bonds is 8. The molecule has 0 saturated heterocycles. The van der Waals surface area contributed by atoms with Crippen molar-refractivity contribution in [3.05, 3.63) is 48.0 Å². The van der Waals surface area contributed by atoms with E-state index in [0.717, 1.165) is 0 Å². The van der Waals surface area contributed by atoms with Crippen molar-refractivity contribution < 1.29 is 13.3 Å². The Kier molecular flexibility index (Phi) is 6.85. The van der Waals surface area contributed by atoms with Crippen molar-refractivity contribution in [2.75, 3.05) is 0 Å². The van der Waals surface area contributed by atoms with Gasteiger partial charge in [-0.25, -0.2) is 0 Å². The van der Waals surface area contributed by atoms with Gasteiger partial charge in [0.1, 0.15) is 4.51 Å². The van der Waals surface area contributed by atoms with Crippen LogP contribution in [0, 0.1) is 0 Å². The molecule has 0 unspecified atom stereocenters. The summed E-state index contributed by atoms with van der Waals surface area (Å²) in [5, 5.41) is 2.44. The summed E-state index contributed by atoms with van der Waals surface area (Å²) in [6.07, 6.45) is 0.0467. The van der Waals surface area contributed by atoms with Gasteiger partial charge < -0.3 is 13.3 Å². The van der Waals surface area contributed by atoms with E-state index in [4.69, 9.17) is 13.3 Å². The van der Waals surface area contributed by atoms with Crippen molar-refractivity contribution in [2.45, 2.75) is 64.3 Å². The first kappa shape index (κ1) is 20.6. The molecule has 0 aliphatic carbocycles. The fourth-order valence-electron chi connectivity index (χ4n) is 2.96. The van der Waals surface area contributed by atoms with Gasteiger partial charge in [0.2, 0.25) is 0 Å². The van der Waals surface area contributed by atoms with Crippen LogP contribution < -0.4 is 0 Å². The molecule has 2 aromatic rings. The summed E-state index contributed by atoms with van der Waals surface area (Å²) >= 11 is 3.61. The molecule has 0 heterocycles. The highest BCUT2D eigenvalue weighted by atomic mass is 79.9. The minimum absolute atomic E-state index is 0.0234. The fourth-order valence-corrected chi connectivity index (χ4v) is 7.04. The van der Waals surface area contributed by atoms with Gasteiger partial charge in [0.15, 0.2) is 0 Å². The molecule has 2 rings (SSSR count). The van der Waals surface area contributed by atoms with E-state index in [1.165, 1.54) is 16.3 Å². The predicted octanol–water partition coefficient (Wildman–Crippen LogP) is 5.86. The van der Waals surface area contributed by atoms with Crippen LogP contribution in [-0.2, 0) is 19.3 Å². The highest BCUT2D eigenvalue weighted by Gasteiger charge is 2.47. The molecular formula is C20H29BrO3Si. The normalized spacial score (nSPS) is 13.2. The quantitative estimate of drug-likeness (QED) is 0.392. The molecule has 0 amide bonds. The molecule has 0 bridgehead atoms. The van der Waals surface area contributed by atoms with Gasteiger partial charge >= 0.3 is 8.80 Å². The molecule has 3 nitrogen and oxygen atoms in total. The van der Waals surface area contributed by atoms with E-state index in [1.807, 2.05) is 41.5 Å². The minimum atomic E-state index is -2.96. The summed E-state index contributed by atoms with van der Waals surface area (Å²) in [6.45, 7) is 12.1. The highest BCUT2D eigenvalue weighted by molar-refractivity contribution is 9.10. The number of hydrogen-bond donors (Lipinski definition) is 0. The third-order valence-electron chi connectivity index (χ3n) is 3.52. The van der Waals surface area contributed by atoms with Crippen LogP contribution in [0.5, 0.6) is 0 Å². The van der Waals surface area contributed by atoms with E-state index >= 15 is 0 Å². The zero-order valence-corrected chi connectivity index (χ0v) is 18.6. The summed E-state index contributed by atoms with van der Waals surface area (Å²) in [5.74, 6) is 0. The molecule has 0 radical (unpaired) electrons. The van der Waals surface area contributed by atoms with Crippen LogP contribution in [0.2, 0.25) is 0 Å². The Morgan fingerprint density at radius 3 is 2.04 bits per heavy atom. The second-order valence-electron chi connectivity index (χ2n) is 7.30. The largest absolute Gasteiger partial charge is 0.507 e. The van der Waals surface area contributed by atoms with Crippen LogP contribution in [0.4, 0.5) is 0 Å². The van der Waals surface area contributed by atoms with Gasteiger partial charge in [-0.3, -0.25) is 0 Å². The van der Waals surface area contributed by atoms with Crippen molar-refractivity contribution in [3.8, 4) is 0 Å². The molecule has 5 heteroatoms. The van der Waals surface area contributed by atoms with E-state index in [9.17, 15) is 0 Å². The molecule has 25 heavy (non-hydrogen) atoms. The Labute approximate surface area is 161 Å². The van der Waals surface area contributed by atoms with Crippen LogP contribution in [-0.4, -0.2) is 25.5 Å². The zero-order chi connectivity index (χ0) is 18.7. The molecule has 0 aromatic heterocycles. The molecule has 0 spiro atoms. The predicted molar refractivity (Wildman–Crippen MR) is 110 cm³/mol. The van der Waals surface area contributed by atoms with Crippen LogP contribution in [0.25, 0.3) is 10.8 Å². The third-order valence-corrected chi connectivity index (χ3v) is 7.27. The van der Waals surface area contributed by atoms with Crippen molar-refractivity contribution in [1.82, 2.24) is 0 Å². The van der Waals surface area contributed by atoms with E-state index in [0.29, 0.717) is 6.04 Å². The van der Waals surface area contributed by atoms with Crippen LogP contribution in [0.3, 0.4) is 0 Å². The summed E-state index contributed by atoms with van der Waals surface area (Å²) in [4.78, 5) is 0. The van der Waals surface area contributed by atoms with E-state index in [1.54, 1.807) is 0 Å². The SMILES string of the molecule is CC(C)O[Si](Cc1cccc2ccccc12)(OC(C)C)OC(C)(C)Br. The number of halogens is 1. The molecule has 0 aliphatic rings. The molecule has 2 aromatic carbocycles. The lowest BCUT2D eigenvalue weighted by molar-refractivity contribution is -0.00486. The highest BCUT2D eigenvalue weighted by Crippen LogP contribution is 2.31. The smallest absolute Gasteiger partial charge is 0.371 e. The Morgan fingerprint density at radius 2 is 1.48 bits per heavy atom. The summed E-state index contributed by atoms with van der Waals surface area (Å²) in [7, 11) is -2.96. The monoisotopic (exact) mass is 424 g/mol. The zero-order valence-electron chi connectivity index (χ0n) is 16.0. The summed E-state index contributed by atoms with van der Waals surface area (Å²) in [6, 6.07) is 15.4. The lowest BCUT2D eigenvalue weighted by Crippen LogP contribution is -2.54. The maximum atomic E-state index is 6.41. The van der Waals surface area contributed by atoms with Crippen LogP contribution >= 0.6 is 15.9 Å². The molecule has 0 atom stereocenters. The van der Waals surface area contributed by atoms with Crippen LogP contribution in [0.15, 0.2) is 42.5 Å². The Bertz CT molecular complexity index is 679. The maximum absolute atomic E-state index is 6.41. The Balaban J connectivity index is 2.48. The molecule has 138 valence electrons. The number of alkyl halides is 1. The number of hydrogen-bond acceptors (Lipinski definition) is 3. The number of benzene rings is 2. The Hall–Kier alpha value is -0.723. The van der Waals surface area contributed by atoms with E-state index in [2.05, 4.69) is 58.4 Å². The lowest BCUT2D eigenvalue weighted by atomic mass is 10.1. The second kappa shape index (κ2) is 8.31. The topological polar surface area (TPSA) is 27.7 Å². The lowest BCUT2D eigenvalue weighted by Gasteiger charge is -2.37. The van der Waals surface area contributed by atoms with Gasteiger partial charge in [0.05, 0.1) is 0 Å². The number of fused-ring (bicyclic) bond motifs is 1. The summed E-state index contributed by atoms with van der Waals surface area (Å²) in [5.41, 5.74) is 1.20. The average Bonchev–Trinajstić information content (AvgIpc) is 2.44. The first-order valence-corrected chi connectivity index (χ1v) is 11.5. The van der Waals surface area contributed by atoms with Gasteiger partial charge in [0, 0.05) is 18.3 Å². The molecule has 0 fully saturated rings. The second-order valence-corrected chi connectivity index (χ2v) is 11.6. The van der Waals surface area contributed by atoms with E-state index < -0.39 is 13.3 Å². The van der Waals surface area contributed by atoms with Gasteiger partial charge in [0.25, 0.3) is 0 Å². The molecule has 0 aliphatic heterocycles. The first-order chi connectivity index (χ1) is 11.6. The van der Waals surface area contributed by atoms with Gasteiger partial charge in [-0.1, -0.05) is 58.4 Å². The van der Waals surface area contributed by atoms with Crippen LogP contribution in [0.1, 0.15) is 47.1 Å². The minimum Gasteiger partial charge on any atom is -0.371 e. The van der Waals surface area contributed by atoms with Gasteiger partial charge in [-0.15, -0.1) is 0 Å². The maximum Gasteiger partial charge on any atom is 0.507 e. The van der Waals surface area contributed by atoms with Crippen molar-refractivity contribution in [2.24, 2.45) is 0 Å². The fraction of sp³-hybridized carbons (Fsp3) is 0.500. The molecule has 0 N–H and O–H groups in total. The van der Waals surface area contributed by atoms with Crippen molar-refractivity contribution in [1.29, 1.82) is 0 Å². The standard InChI is InChI=1S/C20H29BrO3Si/c1-15(2)22-25(23-16(3)4,24-20(5,6)21)14-18-12-9-11-17-10-7-8-13-19(17)18/h7-13,15-16H,14H2,1-6H3. The first-order valence-electron chi connectivity index (χ1n) is 8.81. The van der Waals surface area contributed by atoms with Crippen molar-refractivity contribution in [3.63, 3.8) is 0 Å². The summed E-state index contributed by atoms with van der Waals surface area (Å²) < 4.78 is 18.6. The van der Waals surface area contributed by atoms with Crippen molar-refractivity contribution >= 4 is 35.5 Å². The van der Waals surface area contributed by atoms with E-state index in [-0.39, 0.29) is 12.2 Å².